The molecular formula is C13H14N2O. The van der Waals surface area contributed by atoms with Crippen LogP contribution in [0.2, 0.25) is 0 Å². The molecule has 82 valence electrons. The first-order valence-electron chi connectivity index (χ1n) is 5.33. The van der Waals surface area contributed by atoms with Crippen molar-refractivity contribution < 1.29 is 0 Å². The number of terminal acetylenes is 1. The van der Waals surface area contributed by atoms with E-state index in [-0.39, 0.29) is 5.69 Å². The maximum Gasteiger partial charge on any atom is 0.328 e. The van der Waals surface area contributed by atoms with Crippen LogP contribution < -0.4 is 5.69 Å². The third kappa shape index (κ3) is 1.63. The molecule has 0 N–H and O–H groups in total. The second-order valence-corrected chi connectivity index (χ2v) is 3.79. The molecule has 1 aromatic heterocycles. The molecule has 2 aromatic rings. The maximum absolute atomic E-state index is 12.0. The highest BCUT2D eigenvalue weighted by atomic mass is 16.1. The summed E-state index contributed by atoms with van der Waals surface area (Å²) in [5.74, 6) is 2.59. The number of para-hydroxylation sites is 2. The van der Waals surface area contributed by atoms with Crippen molar-refractivity contribution in [3.8, 4) is 12.3 Å². The maximum atomic E-state index is 12.0. The van der Waals surface area contributed by atoms with Gasteiger partial charge in [-0.15, -0.1) is 12.3 Å². The number of nitrogens with zero attached hydrogens (tertiary/aromatic N) is 2. The van der Waals surface area contributed by atoms with Crippen molar-refractivity contribution >= 4 is 11.0 Å². The van der Waals surface area contributed by atoms with Crippen LogP contribution in [0, 0.1) is 12.3 Å². The molecule has 0 aliphatic rings. The molecule has 16 heavy (non-hydrogen) atoms. The van der Waals surface area contributed by atoms with Crippen molar-refractivity contribution in [2.75, 3.05) is 0 Å². The van der Waals surface area contributed by atoms with Gasteiger partial charge in [0.2, 0.25) is 0 Å². The summed E-state index contributed by atoms with van der Waals surface area (Å²) in [4.78, 5) is 12.0. The molecule has 0 spiro atoms. The van der Waals surface area contributed by atoms with Gasteiger partial charge in [-0.2, -0.15) is 0 Å². The molecule has 0 aliphatic carbocycles. The van der Waals surface area contributed by atoms with Crippen LogP contribution in [0.3, 0.4) is 0 Å². The van der Waals surface area contributed by atoms with E-state index in [0.29, 0.717) is 13.0 Å². The number of rotatable bonds is 3. The van der Waals surface area contributed by atoms with E-state index in [0.717, 1.165) is 17.5 Å². The van der Waals surface area contributed by atoms with Crippen molar-refractivity contribution in [2.24, 2.45) is 7.05 Å². The molecule has 0 bridgehead atoms. The van der Waals surface area contributed by atoms with Crippen molar-refractivity contribution in [2.45, 2.75) is 19.4 Å². The highest BCUT2D eigenvalue weighted by molar-refractivity contribution is 5.75. The third-order valence-corrected chi connectivity index (χ3v) is 2.75. The van der Waals surface area contributed by atoms with E-state index in [1.807, 2.05) is 24.3 Å². The molecule has 0 aliphatic heterocycles. The van der Waals surface area contributed by atoms with Gasteiger partial charge in [-0.3, -0.25) is 9.13 Å². The number of imidazole rings is 1. The van der Waals surface area contributed by atoms with E-state index in [2.05, 4.69) is 5.92 Å². The van der Waals surface area contributed by atoms with Crippen molar-refractivity contribution in [1.82, 2.24) is 9.13 Å². The molecule has 3 nitrogen and oxygen atoms in total. The molecule has 0 unspecified atom stereocenters. The Morgan fingerprint density at radius 3 is 2.69 bits per heavy atom. The Morgan fingerprint density at radius 2 is 2.00 bits per heavy atom. The zero-order valence-electron chi connectivity index (χ0n) is 9.31. The first-order valence-corrected chi connectivity index (χ1v) is 5.33. The second-order valence-electron chi connectivity index (χ2n) is 3.79. The molecule has 1 aromatic carbocycles. The van der Waals surface area contributed by atoms with Gasteiger partial charge in [0.15, 0.2) is 0 Å². The van der Waals surface area contributed by atoms with Gasteiger partial charge in [0, 0.05) is 20.0 Å². The van der Waals surface area contributed by atoms with E-state index < -0.39 is 0 Å². The van der Waals surface area contributed by atoms with E-state index in [4.69, 9.17) is 6.42 Å². The minimum atomic E-state index is 0.0261. The Hall–Kier alpha value is -1.95. The van der Waals surface area contributed by atoms with E-state index in [1.54, 1.807) is 16.2 Å². The average Bonchev–Trinajstić information content (AvgIpc) is 2.55. The number of aryl methyl sites for hydroxylation is 2. The quantitative estimate of drug-likeness (QED) is 0.565. The number of hydrogen-bond acceptors (Lipinski definition) is 1. The van der Waals surface area contributed by atoms with Crippen molar-refractivity contribution in [3.63, 3.8) is 0 Å². The number of fused-ring (bicyclic) bond motifs is 1. The fourth-order valence-electron chi connectivity index (χ4n) is 1.92. The molecule has 3 heteroatoms. The van der Waals surface area contributed by atoms with E-state index >= 15 is 0 Å². The molecule has 0 amide bonds. The van der Waals surface area contributed by atoms with Crippen LogP contribution in [-0.4, -0.2) is 9.13 Å². The average molecular weight is 214 g/mol. The highest BCUT2D eigenvalue weighted by Gasteiger charge is 2.08. The Balaban J connectivity index is 2.48. The molecular weight excluding hydrogens is 200 g/mol. The molecule has 0 atom stereocenters. The molecule has 0 radical (unpaired) electrons. The lowest BCUT2D eigenvalue weighted by atomic mass is 10.3. The first kappa shape index (κ1) is 10.6. The monoisotopic (exact) mass is 214 g/mol. The van der Waals surface area contributed by atoms with Crippen LogP contribution in [0.5, 0.6) is 0 Å². The van der Waals surface area contributed by atoms with Crippen LogP contribution >= 0.6 is 0 Å². The lowest BCUT2D eigenvalue weighted by Gasteiger charge is -2.00. The van der Waals surface area contributed by atoms with Crippen molar-refractivity contribution in [1.29, 1.82) is 0 Å². The lowest BCUT2D eigenvalue weighted by molar-refractivity contribution is 0.634. The van der Waals surface area contributed by atoms with Crippen LogP contribution in [0.25, 0.3) is 11.0 Å². The first-order chi connectivity index (χ1) is 7.75. The Kier molecular flexibility index (Phi) is 2.82. The Bertz CT molecular complexity index is 598. The fourth-order valence-corrected chi connectivity index (χ4v) is 1.92. The summed E-state index contributed by atoms with van der Waals surface area (Å²) in [6.45, 7) is 0.685. The predicted molar refractivity (Wildman–Crippen MR) is 65.2 cm³/mol. The predicted octanol–water partition coefficient (Wildman–Crippen LogP) is 1.75. The summed E-state index contributed by atoms with van der Waals surface area (Å²) in [5, 5.41) is 0. The van der Waals surface area contributed by atoms with Gasteiger partial charge < -0.3 is 0 Å². The number of hydrogen-bond donors (Lipinski definition) is 0. The van der Waals surface area contributed by atoms with Gasteiger partial charge >= 0.3 is 5.69 Å². The molecule has 0 fully saturated rings. The zero-order valence-corrected chi connectivity index (χ0v) is 9.31. The number of unbranched alkanes of at least 4 members (excludes halogenated alkanes) is 1. The SMILES string of the molecule is C#CCCCn1c(=O)n(C)c2ccccc21. The molecule has 0 saturated heterocycles. The summed E-state index contributed by atoms with van der Waals surface area (Å²) in [6, 6.07) is 7.80. The molecule has 1 heterocycles. The zero-order chi connectivity index (χ0) is 11.5. The summed E-state index contributed by atoms with van der Waals surface area (Å²) in [6.07, 6.45) is 6.75. The van der Waals surface area contributed by atoms with Crippen LogP contribution in [0.15, 0.2) is 29.1 Å². The van der Waals surface area contributed by atoms with Crippen LogP contribution in [-0.2, 0) is 13.6 Å². The van der Waals surface area contributed by atoms with Crippen LogP contribution in [0.1, 0.15) is 12.8 Å². The van der Waals surface area contributed by atoms with E-state index in [9.17, 15) is 4.79 Å². The normalized spacial score (nSPS) is 10.5. The minimum Gasteiger partial charge on any atom is -0.295 e. The highest BCUT2D eigenvalue weighted by Crippen LogP contribution is 2.11. The standard InChI is InChI=1S/C13H14N2O/c1-3-4-7-10-15-12-9-6-5-8-11(12)14(2)13(15)16/h1,5-6,8-9H,4,7,10H2,2H3. The van der Waals surface area contributed by atoms with E-state index in [1.165, 1.54) is 0 Å². The van der Waals surface area contributed by atoms with Crippen LogP contribution in [0.4, 0.5) is 0 Å². The number of benzene rings is 1. The van der Waals surface area contributed by atoms with Crippen molar-refractivity contribution in [3.05, 3.63) is 34.7 Å². The Morgan fingerprint density at radius 1 is 1.31 bits per heavy atom. The van der Waals surface area contributed by atoms with Gasteiger partial charge in [0.05, 0.1) is 11.0 Å². The fraction of sp³-hybridized carbons (Fsp3) is 0.308. The smallest absolute Gasteiger partial charge is 0.295 e. The van der Waals surface area contributed by atoms with Gasteiger partial charge in [-0.1, -0.05) is 12.1 Å². The topological polar surface area (TPSA) is 26.9 Å². The van der Waals surface area contributed by atoms with Gasteiger partial charge in [-0.25, -0.2) is 4.79 Å². The minimum absolute atomic E-state index is 0.0261. The second kappa shape index (κ2) is 4.28. The summed E-state index contributed by atoms with van der Waals surface area (Å²) < 4.78 is 3.46. The van der Waals surface area contributed by atoms with Gasteiger partial charge in [0.1, 0.15) is 0 Å². The number of aromatic nitrogens is 2. The largest absolute Gasteiger partial charge is 0.328 e. The molecule has 0 saturated carbocycles. The summed E-state index contributed by atoms with van der Waals surface area (Å²) in [5.41, 5.74) is 1.97. The lowest BCUT2D eigenvalue weighted by Crippen LogP contribution is -2.22. The third-order valence-electron chi connectivity index (χ3n) is 2.75. The van der Waals surface area contributed by atoms with Gasteiger partial charge in [-0.05, 0) is 18.6 Å². The Labute approximate surface area is 94.3 Å². The molecule has 2 rings (SSSR count). The van der Waals surface area contributed by atoms with Gasteiger partial charge in [0.25, 0.3) is 0 Å². The summed E-state index contributed by atoms with van der Waals surface area (Å²) >= 11 is 0. The summed E-state index contributed by atoms with van der Waals surface area (Å²) in [7, 11) is 1.79.